The van der Waals surface area contributed by atoms with Gasteiger partial charge in [0, 0.05) is 49.8 Å². The van der Waals surface area contributed by atoms with Crippen molar-refractivity contribution in [3.05, 3.63) is 162 Å². The fraction of sp³-hybridized carbons (Fsp3) is 0.200. The molecule has 0 unspecified atom stereocenters. The van der Waals surface area contributed by atoms with E-state index in [4.69, 9.17) is 9.47 Å². The van der Waals surface area contributed by atoms with Gasteiger partial charge in [0.15, 0.2) is 0 Å². The molecule has 0 aromatic heterocycles. The van der Waals surface area contributed by atoms with Crippen LogP contribution >= 0.6 is 0 Å². The first-order chi connectivity index (χ1) is 24.1. The van der Waals surface area contributed by atoms with Gasteiger partial charge in [0.1, 0.15) is 23.0 Å². The number of nitro groups is 2. The highest BCUT2D eigenvalue weighted by atomic mass is 16.6. The average molecular weight is 671 g/mol. The van der Waals surface area contributed by atoms with Crippen molar-refractivity contribution in [1.29, 1.82) is 0 Å². The highest BCUT2D eigenvalue weighted by Crippen LogP contribution is 2.29. The lowest BCUT2D eigenvalue weighted by atomic mass is 9.86. The summed E-state index contributed by atoms with van der Waals surface area (Å²) in [6, 6.07) is 27.1. The second-order valence-electron chi connectivity index (χ2n) is 11.9. The predicted octanol–water partition coefficient (Wildman–Crippen LogP) is 9.64. The molecule has 0 aliphatic carbocycles. The lowest BCUT2D eigenvalue weighted by molar-refractivity contribution is -0.385. The molecule has 5 aromatic rings. The molecule has 0 amide bonds. The molecule has 10 heteroatoms. The van der Waals surface area contributed by atoms with Gasteiger partial charge in [-0.2, -0.15) is 0 Å². The minimum absolute atomic E-state index is 0.0223. The number of nitro benzene ring substituents is 2. The van der Waals surface area contributed by atoms with Crippen LogP contribution in [0.5, 0.6) is 23.0 Å². The Kier molecular flexibility index (Phi) is 11.5. The number of hydrogen-bond donors (Lipinski definition) is 0. The minimum atomic E-state index is -0.438. The summed E-state index contributed by atoms with van der Waals surface area (Å²) in [5, 5.41) is 21.7. The summed E-state index contributed by atoms with van der Waals surface area (Å²) in [5.74, 6) is 2.35. The zero-order chi connectivity index (χ0) is 35.6. The SMILES string of the molecule is Cc1c(C)c(CCN=Cc2ccc(Oc3ccc([N+](=O)[O-])cc3)cc2)c(C)c(C)c1CCN=Cc1ccc(Oc2ccc([N+](=O)[O-])cc2)cc1. The van der Waals surface area contributed by atoms with Crippen molar-refractivity contribution < 1.29 is 19.3 Å². The van der Waals surface area contributed by atoms with E-state index >= 15 is 0 Å². The van der Waals surface area contributed by atoms with Crippen LogP contribution in [0.4, 0.5) is 11.4 Å². The standard InChI is InChI=1S/C40H38N4O6/c1-27-28(2)40(22-24-42-26-32-7-15-36(16-8-32)50-38-19-11-34(12-20-38)44(47)48)30(4)29(3)39(27)21-23-41-25-31-5-13-35(14-6-31)49-37-17-9-33(10-18-37)43(45)46/h5-20,25-26H,21-24H2,1-4H3. The normalized spacial score (nSPS) is 11.3. The van der Waals surface area contributed by atoms with E-state index in [1.54, 1.807) is 24.3 Å². The first-order valence-corrected chi connectivity index (χ1v) is 16.2. The molecule has 50 heavy (non-hydrogen) atoms. The number of ether oxygens (including phenoxy) is 2. The van der Waals surface area contributed by atoms with E-state index in [1.807, 2.05) is 61.0 Å². The molecule has 254 valence electrons. The molecule has 0 radical (unpaired) electrons. The van der Waals surface area contributed by atoms with E-state index in [9.17, 15) is 20.2 Å². The van der Waals surface area contributed by atoms with Gasteiger partial charge in [0.05, 0.1) is 9.85 Å². The van der Waals surface area contributed by atoms with Crippen LogP contribution in [0.3, 0.4) is 0 Å². The molecule has 10 nitrogen and oxygen atoms in total. The fourth-order valence-corrected chi connectivity index (χ4v) is 5.70. The quantitative estimate of drug-likeness (QED) is 0.0657. The van der Waals surface area contributed by atoms with Gasteiger partial charge < -0.3 is 9.47 Å². The smallest absolute Gasteiger partial charge is 0.269 e. The molecule has 5 aromatic carbocycles. The Labute approximate surface area is 291 Å². The Hall–Kier alpha value is -6.16. The number of rotatable bonds is 14. The van der Waals surface area contributed by atoms with Crippen LogP contribution < -0.4 is 9.47 Å². The molecule has 0 bridgehead atoms. The van der Waals surface area contributed by atoms with Gasteiger partial charge in [-0.1, -0.05) is 0 Å². The predicted molar refractivity (Wildman–Crippen MR) is 197 cm³/mol. The number of non-ortho nitro benzene ring substituents is 2. The van der Waals surface area contributed by atoms with Gasteiger partial charge in [-0.05, 0) is 158 Å². The molecule has 0 heterocycles. The van der Waals surface area contributed by atoms with Crippen LogP contribution in [0, 0.1) is 47.9 Å². The summed E-state index contributed by atoms with van der Waals surface area (Å²) in [5.41, 5.74) is 9.87. The molecule has 0 saturated carbocycles. The van der Waals surface area contributed by atoms with Crippen molar-refractivity contribution in [2.75, 3.05) is 13.1 Å². The molecule has 0 aliphatic heterocycles. The van der Waals surface area contributed by atoms with Crippen molar-refractivity contribution in [1.82, 2.24) is 0 Å². The lowest BCUT2D eigenvalue weighted by Gasteiger charge is -2.20. The van der Waals surface area contributed by atoms with Gasteiger partial charge >= 0.3 is 0 Å². The third kappa shape index (κ3) is 9.04. The van der Waals surface area contributed by atoms with Crippen LogP contribution in [-0.2, 0) is 12.8 Å². The van der Waals surface area contributed by atoms with E-state index in [-0.39, 0.29) is 11.4 Å². The van der Waals surface area contributed by atoms with Crippen LogP contribution in [0.15, 0.2) is 107 Å². The Morgan fingerprint density at radius 3 is 1.06 bits per heavy atom. The molecule has 0 atom stereocenters. The third-order valence-corrected chi connectivity index (χ3v) is 8.72. The van der Waals surface area contributed by atoms with Gasteiger partial charge in [-0.25, -0.2) is 0 Å². The van der Waals surface area contributed by atoms with E-state index in [2.05, 4.69) is 37.7 Å². The van der Waals surface area contributed by atoms with Crippen LogP contribution in [-0.4, -0.2) is 35.4 Å². The van der Waals surface area contributed by atoms with Gasteiger partial charge in [0.2, 0.25) is 0 Å². The van der Waals surface area contributed by atoms with E-state index in [0.717, 1.165) is 24.0 Å². The van der Waals surface area contributed by atoms with Gasteiger partial charge in [-0.3, -0.25) is 30.2 Å². The highest BCUT2D eigenvalue weighted by molar-refractivity contribution is 5.80. The summed E-state index contributed by atoms with van der Waals surface area (Å²) in [7, 11) is 0. The van der Waals surface area contributed by atoms with Gasteiger partial charge in [0.25, 0.3) is 11.4 Å². The van der Waals surface area contributed by atoms with Crippen LogP contribution in [0.25, 0.3) is 0 Å². The molecule has 0 fully saturated rings. The van der Waals surface area contributed by atoms with Gasteiger partial charge in [-0.15, -0.1) is 0 Å². The maximum Gasteiger partial charge on any atom is 0.269 e. The largest absolute Gasteiger partial charge is 0.457 e. The maximum atomic E-state index is 10.8. The van der Waals surface area contributed by atoms with Crippen molar-refractivity contribution in [2.24, 2.45) is 9.98 Å². The minimum Gasteiger partial charge on any atom is -0.457 e. The summed E-state index contributed by atoms with van der Waals surface area (Å²) in [6.07, 6.45) is 5.43. The second-order valence-corrected chi connectivity index (χ2v) is 11.9. The first-order valence-electron chi connectivity index (χ1n) is 16.2. The van der Waals surface area contributed by atoms with Crippen molar-refractivity contribution in [2.45, 2.75) is 40.5 Å². The van der Waals surface area contributed by atoms with E-state index < -0.39 is 9.85 Å². The number of hydrogen-bond acceptors (Lipinski definition) is 8. The van der Waals surface area contributed by atoms with E-state index in [0.29, 0.717) is 36.1 Å². The molecular formula is C40H38N4O6. The molecular weight excluding hydrogens is 632 g/mol. The summed E-state index contributed by atoms with van der Waals surface area (Å²) in [6.45, 7) is 10.1. The average Bonchev–Trinajstić information content (AvgIpc) is 3.12. The lowest BCUT2D eigenvalue weighted by Crippen LogP contribution is -2.08. The Morgan fingerprint density at radius 2 is 0.780 bits per heavy atom. The highest BCUT2D eigenvalue weighted by Gasteiger charge is 2.14. The second kappa shape index (κ2) is 16.3. The topological polar surface area (TPSA) is 129 Å². The zero-order valence-electron chi connectivity index (χ0n) is 28.5. The zero-order valence-corrected chi connectivity index (χ0v) is 28.5. The van der Waals surface area contributed by atoms with Crippen LogP contribution in [0.1, 0.15) is 44.5 Å². The van der Waals surface area contributed by atoms with Crippen molar-refractivity contribution in [3.8, 4) is 23.0 Å². The molecule has 0 aliphatic rings. The maximum absolute atomic E-state index is 10.8. The fourth-order valence-electron chi connectivity index (χ4n) is 5.70. The summed E-state index contributed by atoms with van der Waals surface area (Å²) < 4.78 is 11.6. The van der Waals surface area contributed by atoms with E-state index in [1.165, 1.54) is 57.6 Å². The monoisotopic (exact) mass is 670 g/mol. The number of aliphatic imine (C=N–C) groups is 2. The first kappa shape index (κ1) is 35.2. The molecule has 0 spiro atoms. The molecule has 0 N–H and O–H groups in total. The van der Waals surface area contributed by atoms with Crippen molar-refractivity contribution in [3.63, 3.8) is 0 Å². The number of nitrogens with zero attached hydrogens (tertiary/aromatic N) is 4. The Morgan fingerprint density at radius 1 is 0.500 bits per heavy atom. The van der Waals surface area contributed by atoms with Crippen molar-refractivity contribution >= 4 is 23.8 Å². The third-order valence-electron chi connectivity index (χ3n) is 8.72. The molecule has 0 saturated heterocycles. The molecule has 5 rings (SSSR count). The van der Waals surface area contributed by atoms with Crippen LogP contribution in [0.2, 0.25) is 0 Å². The summed E-state index contributed by atoms with van der Waals surface area (Å²) >= 11 is 0. The number of benzene rings is 5. The Balaban J connectivity index is 1.11. The summed E-state index contributed by atoms with van der Waals surface area (Å²) in [4.78, 5) is 30.2. The Bertz CT molecular complexity index is 1840.